The van der Waals surface area contributed by atoms with Crippen molar-refractivity contribution in [3.8, 4) is 17.2 Å². The van der Waals surface area contributed by atoms with Crippen LogP contribution in [0.5, 0.6) is 5.75 Å². The molecule has 2 aromatic carbocycles. The first kappa shape index (κ1) is 18.0. The van der Waals surface area contributed by atoms with Gasteiger partial charge in [-0.1, -0.05) is 17.3 Å². The van der Waals surface area contributed by atoms with Gasteiger partial charge in [-0.25, -0.2) is 0 Å². The second kappa shape index (κ2) is 7.34. The number of fused-ring (bicyclic) bond motifs is 1. The average Bonchev–Trinajstić information content (AvgIpc) is 3.33. The smallest absolute Gasteiger partial charge is 0.257 e. The maximum Gasteiger partial charge on any atom is 0.257 e. The van der Waals surface area contributed by atoms with Crippen LogP contribution < -0.4 is 15.0 Å². The van der Waals surface area contributed by atoms with Gasteiger partial charge in [-0.2, -0.15) is 4.98 Å². The first-order valence-corrected chi connectivity index (χ1v) is 9.18. The van der Waals surface area contributed by atoms with Crippen molar-refractivity contribution in [2.24, 2.45) is 0 Å². The van der Waals surface area contributed by atoms with Crippen molar-refractivity contribution in [2.75, 3.05) is 30.4 Å². The number of hydrogen-bond acceptors (Lipinski definition) is 6. The van der Waals surface area contributed by atoms with Crippen molar-refractivity contribution in [3.63, 3.8) is 0 Å². The molecule has 7 nitrogen and oxygen atoms in total. The number of nitrogens with zero attached hydrogens (tertiary/aromatic N) is 3. The van der Waals surface area contributed by atoms with Gasteiger partial charge in [0.15, 0.2) is 5.82 Å². The van der Waals surface area contributed by atoms with E-state index in [0.29, 0.717) is 18.3 Å². The second-order valence-corrected chi connectivity index (χ2v) is 6.78. The summed E-state index contributed by atoms with van der Waals surface area (Å²) in [6, 6.07) is 11.6. The zero-order valence-electron chi connectivity index (χ0n) is 16.2. The summed E-state index contributed by atoms with van der Waals surface area (Å²) in [6.07, 6.45) is 0.802. The number of methoxy groups -OCH3 is 1. The minimum atomic E-state index is 0.0189. The normalized spacial score (nSPS) is 12.8. The molecule has 0 bridgehead atoms. The van der Waals surface area contributed by atoms with E-state index >= 15 is 0 Å². The summed E-state index contributed by atoms with van der Waals surface area (Å²) >= 11 is 0. The number of anilines is 2. The Kier molecular flexibility index (Phi) is 4.73. The lowest BCUT2D eigenvalue weighted by Crippen LogP contribution is -2.34. The summed E-state index contributed by atoms with van der Waals surface area (Å²) in [5.74, 6) is 1.90. The molecule has 7 heteroatoms. The number of aryl methyl sites for hydroxylation is 2. The van der Waals surface area contributed by atoms with Gasteiger partial charge >= 0.3 is 0 Å². The van der Waals surface area contributed by atoms with E-state index in [4.69, 9.17) is 9.26 Å². The van der Waals surface area contributed by atoms with E-state index in [1.165, 1.54) is 0 Å². The molecule has 2 heterocycles. The maximum atomic E-state index is 12.8. The molecule has 28 heavy (non-hydrogen) atoms. The van der Waals surface area contributed by atoms with Crippen molar-refractivity contribution >= 4 is 17.3 Å². The largest absolute Gasteiger partial charge is 0.496 e. The SMILES string of the molecule is COc1cccc2c1CCN2C(=O)CNc1cc(-c2nc(C)no2)ccc1C. The van der Waals surface area contributed by atoms with Gasteiger partial charge in [0.05, 0.1) is 19.3 Å². The van der Waals surface area contributed by atoms with Gasteiger partial charge in [0.25, 0.3) is 5.89 Å². The van der Waals surface area contributed by atoms with Crippen molar-refractivity contribution in [2.45, 2.75) is 20.3 Å². The monoisotopic (exact) mass is 378 g/mol. The Morgan fingerprint density at radius 3 is 2.89 bits per heavy atom. The summed E-state index contributed by atoms with van der Waals surface area (Å²) in [6.45, 7) is 4.63. The molecule has 0 unspecified atom stereocenters. The van der Waals surface area contributed by atoms with Crippen LogP contribution in [-0.2, 0) is 11.2 Å². The van der Waals surface area contributed by atoms with Crippen LogP contribution in [0.3, 0.4) is 0 Å². The molecule has 0 spiro atoms. The standard InChI is InChI=1S/C21H22N4O3/c1-13-7-8-15(21-23-14(2)24-28-21)11-17(13)22-12-20(26)25-10-9-16-18(25)5-4-6-19(16)27-3/h4-8,11,22H,9-10,12H2,1-3H3. The van der Waals surface area contributed by atoms with E-state index in [1.807, 2.05) is 48.2 Å². The number of aromatic nitrogens is 2. The molecule has 144 valence electrons. The Morgan fingerprint density at radius 2 is 2.14 bits per heavy atom. The molecule has 0 radical (unpaired) electrons. The third-order valence-electron chi connectivity index (χ3n) is 4.95. The van der Waals surface area contributed by atoms with E-state index in [9.17, 15) is 4.79 Å². The van der Waals surface area contributed by atoms with Crippen molar-refractivity contribution in [1.29, 1.82) is 0 Å². The molecule has 0 atom stereocenters. The molecule has 1 aromatic heterocycles. The molecular weight excluding hydrogens is 356 g/mol. The van der Waals surface area contributed by atoms with E-state index in [1.54, 1.807) is 14.0 Å². The van der Waals surface area contributed by atoms with E-state index < -0.39 is 0 Å². The van der Waals surface area contributed by atoms with Gasteiger partial charge < -0.3 is 19.5 Å². The number of ether oxygens (including phenoxy) is 1. The molecule has 1 N–H and O–H groups in total. The third-order valence-corrected chi connectivity index (χ3v) is 4.95. The van der Waals surface area contributed by atoms with Gasteiger partial charge in [0, 0.05) is 23.4 Å². The maximum absolute atomic E-state index is 12.8. The number of rotatable bonds is 5. The van der Waals surface area contributed by atoms with Crippen LogP contribution in [-0.4, -0.2) is 36.2 Å². The predicted octanol–water partition coefficient (Wildman–Crippen LogP) is 3.36. The van der Waals surface area contributed by atoms with Crippen LogP contribution in [0.15, 0.2) is 40.9 Å². The zero-order valence-corrected chi connectivity index (χ0v) is 16.2. The third kappa shape index (κ3) is 3.31. The van der Waals surface area contributed by atoms with E-state index in [0.717, 1.165) is 40.2 Å². The van der Waals surface area contributed by atoms with Crippen molar-refractivity contribution < 1.29 is 14.1 Å². The second-order valence-electron chi connectivity index (χ2n) is 6.78. The van der Waals surface area contributed by atoms with E-state index in [-0.39, 0.29) is 12.5 Å². The first-order valence-electron chi connectivity index (χ1n) is 9.18. The quantitative estimate of drug-likeness (QED) is 0.733. The van der Waals surface area contributed by atoms with Crippen LogP contribution in [0.4, 0.5) is 11.4 Å². The highest BCUT2D eigenvalue weighted by Gasteiger charge is 2.26. The lowest BCUT2D eigenvalue weighted by Gasteiger charge is -2.19. The van der Waals surface area contributed by atoms with E-state index in [2.05, 4.69) is 15.5 Å². The molecule has 0 saturated heterocycles. The fourth-order valence-corrected chi connectivity index (χ4v) is 3.48. The Morgan fingerprint density at radius 1 is 1.29 bits per heavy atom. The minimum Gasteiger partial charge on any atom is -0.496 e. The Bertz CT molecular complexity index is 1030. The van der Waals surface area contributed by atoms with Crippen LogP contribution in [0.1, 0.15) is 17.0 Å². The molecule has 0 aliphatic carbocycles. The van der Waals surface area contributed by atoms with Gasteiger partial charge in [-0.3, -0.25) is 4.79 Å². The Balaban J connectivity index is 1.49. The van der Waals surface area contributed by atoms with Crippen LogP contribution in [0.25, 0.3) is 11.5 Å². The zero-order chi connectivity index (χ0) is 19.7. The Hall–Kier alpha value is -3.35. The highest BCUT2D eigenvalue weighted by atomic mass is 16.5. The Labute approximate surface area is 163 Å². The van der Waals surface area contributed by atoms with Gasteiger partial charge in [0.1, 0.15) is 5.75 Å². The summed E-state index contributed by atoms with van der Waals surface area (Å²) in [7, 11) is 1.66. The molecule has 3 aromatic rings. The summed E-state index contributed by atoms with van der Waals surface area (Å²) in [5.41, 5.74) is 4.74. The number of nitrogens with one attached hydrogen (secondary N) is 1. The van der Waals surface area contributed by atoms with Crippen LogP contribution in [0, 0.1) is 13.8 Å². The number of benzene rings is 2. The van der Waals surface area contributed by atoms with Gasteiger partial charge in [-0.05, 0) is 50.1 Å². The highest BCUT2D eigenvalue weighted by Crippen LogP contribution is 2.35. The fourth-order valence-electron chi connectivity index (χ4n) is 3.48. The lowest BCUT2D eigenvalue weighted by atomic mass is 10.1. The van der Waals surface area contributed by atoms with Crippen molar-refractivity contribution in [1.82, 2.24) is 10.1 Å². The topological polar surface area (TPSA) is 80.5 Å². The summed E-state index contributed by atoms with van der Waals surface area (Å²) in [5, 5.41) is 7.08. The van der Waals surface area contributed by atoms with Gasteiger partial charge in [-0.15, -0.1) is 0 Å². The molecular formula is C21H22N4O3. The molecule has 1 aliphatic rings. The number of amides is 1. The minimum absolute atomic E-state index is 0.0189. The molecule has 1 aliphatic heterocycles. The van der Waals surface area contributed by atoms with Crippen LogP contribution >= 0.6 is 0 Å². The predicted molar refractivity (Wildman–Crippen MR) is 107 cm³/mol. The average molecular weight is 378 g/mol. The van der Waals surface area contributed by atoms with Gasteiger partial charge in [0.2, 0.25) is 5.91 Å². The molecule has 1 amide bonds. The number of carbonyl (C=O) groups is 1. The summed E-state index contributed by atoms with van der Waals surface area (Å²) < 4.78 is 10.7. The van der Waals surface area contributed by atoms with Crippen molar-refractivity contribution in [3.05, 3.63) is 53.3 Å². The number of carbonyl (C=O) groups excluding carboxylic acids is 1. The lowest BCUT2D eigenvalue weighted by molar-refractivity contribution is -0.116. The molecule has 0 saturated carbocycles. The fraction of sp³-hybridized carbons (Fsp3) is 0.286. The molecule has 4 rings (SSSR count). The number of hydrogen-bond donors (Lipinski definition) is 1. The summed E-state index contributed by atoms with van der Waals surface area (Å²) in [4.78, 5) is 18.9. The molecule has 0 fully saturated rings. The highest BCUT2D eigenvalue weighted by molar-refractivity contribution is 5.98. The first-order chi connectivity index (χ1) is 13.6. The van der Waals surface area contributed by atoms with Crippen LogP contribution in [0.2, 0.25) is 0 Å².